The van der Waals surface area contributed by atoms with E-state index < -0.39 is 0 Å². The zero-order valence-electron chi connectivity index (χ0n) is 9.15. The van der Waals surface area contributed by atoms with E-state index in [0.717, 1.165) is 19.5 Å². The molecule has 0 saturated carbocycles. The van der Waals surface area contributed by atoms with E-state index in [0.29, 0.717) is 12.3 Å². The summed E-state index contributed by atoms with van der Waals surface area (Å²) in [4.78, 5) is 13.5. The smallest absolute Gasteiger partial charge is 0.222 e. The summed E-state index contributed by atoms with van der Waals surface area (Å²) in [7, 11) is 0. The number of hydrogen-bond donors (Lipinski definition) is 0. The number of hydrogen-bond acceptors (Lipinski definition) is 1. The minimum absolute atomic E-state index is 0.286. The molecule has 1 fully saturated rings. The Labute approximate surface area is 90.9 Å². The maximum Gasteiger partial charge on any atom is 0.222 e. The summed E-state index contributed by atoms with van der Waals surface area (Å²) in [5, 5.41) is 0. The molecule has 0 unspecified atom stereocenters. The summed E-state index contributed by atoms with van der Waals surface area (Å²) in [5.41, 5.74) is 1.36. The fourth-order valence-electron chi connectivity index (χ4n) is 2.21. The first kappa shape index (κ1) is 10.2. The van der Waals surface area contributed by atoms with Gasteiger partial charge < -0.3 is 4.90 Å². The van der Waals surface area contributed by atoms with E-state index in [1.54, 1.807) is 0 Å². The topological polar surface area (TPSA) is 20.3 Å². The summed E-state index contributed by atoms with van der Waals surface area (Å²) in [6.45, 7) is 3.75. The first-order chi connectivity index (χ1) is 7.31. The number of carbonyl (C=O) groups excluding carboxylic acids is 1. The molecule has 1 aromatic carbocycles. The maximum absolute atomic E-state index is 11.5. The van der Waals surface area contributed by atoms with Crippen LogP contribution < -0.4 is 0 Å². The van der Waals surface area contributed by atoms with Gasteiger partial charge in [0.05, 0.1) is 0 Å². The Morgan fingerprint density at radius 3 is 2.80 bits per heavy atom. The molecule has 1 saturated heterocycles. The summed E-state index contributed by atoms with van der Waals surface area (Å²) >= 11 is 0. The van der Waals surface area contributed by atoms with Crippen molar-refractivity contribution < 1.29 is 4.79 Å². The van der Waals surface area contributed by atoms with Gasteiger partial charge in [-0.25, -0.2) is 0 Å². The molecule has 1 amide bonds. The average Bonchev–Trinajstić information content (AvgIpc) is 2.78. The van der Waals surface area contributed by atoms with Crippen LogP contribution in [-0.2, 0) is 4.79 Å². The lowest BCUT2D eigenvalue weighted by Crippen LogP contribution is -2.27. The van der Waals surface area contributed by atoms with Gasteiger partial charge in [0.15, 0.2) is 0 Å². The summed E-state index contributed by atoms with van der Waals surface area (Å²) in [5.74, 6) is 0.829. The van der Waals surface area contributed by atoms with Gasteiger partial charge >= 0.3 is 0 Å². The number of nitrogens with zero attached hydrogens (tertiary/aromatic N) is 1. The van der Waals surface area contributed by atoms with Crippen LogP contribution in [0.2, 0.25) is 0 Å². The molecule has 2 rings (SSSR count). The van der Waals surface area contributed by atoms with Gasteiger partial charge in [0.25, 0.3) is 0 Å². The normalized spacial score (nSPS) is 20.6. The summed E-state index contributed by atoms with van der Waals surface area (Å²) in [6, 6.07) is 10.5. The fraction of sp³-hybridized carbons (Fsp3) is 0.462. The quantitative estimate of drug-likeness (QED) is 0.722. The average molecular weight is 203 g/mol. The van der Waals surface area contributed by atoms with Gasteiger partial charge in [-0.1, -0.05) is 37.3 Å². The van der Waals surface area contributed by atoms with Crippen LogP contribution >= 0.6 is 0 Å². The molecule has 0 bridgehead atoms. The second kappa shape index (κ2) is 4.47. The molecule has 1 aliphatic heterocycles. The molecule has 2 nitrogen and oxygen atoms in total. The van der Waals surface area contributed by atoms with E-state index in [-0.39, 0.29) is 5.91 Å². The van der Waals surface area contributed by atoms with Gasteiger partial charge in [0.2, 0.25) is 5.91 Å². The molecule has 0 aliphatic carbocycles. The van der Waals surface area contributed by atoms with Gasteiger partial charge in [-0.3, -0.25) is 4.79 Å². The van der Waals surface area contributed by atoms with E-state index in [4.69, 9.17) is 0 Å². The molecule has 1 aliphatic rings. The molecule has 80 valence electrons. The standard InChI is InChI=1S/C13H17NO/c1-2-13(15)14-9-8-12(10-14)11-6-4-3-5-7-11/h3-7,12H,2,8-10H2,1H3/t12-/m0/s1. The van der Waals surface area contributed by atoms with Crippen LogP contribution in [0.5, 0.6) is 0 Å². The molecule has 0 N–H and O–H groups in total. The Kier molecular flexibility index (Phi) is 3.05. The monoisotopic (exact) mass is 203 g/mol. The minimum atomic E-state index is 0.286. The van der Waals surface area contributed by atoms with Gasteiger partial charge in [0, 0.05) is 25.4 Å². The number of carbonyl (C=O) groups is 1. The van der Waals surface area contributed by atoms with E-state index >= 15 is 0 Å². The van der Waals surface area contributed by atoms with Crippen LogP contribution in [-0.4, -0.2) is 23.9 Å². The lowest BCUT2D eigenvalue weighted by Gasteiger charge is -2.15. The van der Waals surface area contributed by atoms with Gasteiger partial charge in [-0.15, -0.1) is 0 Å². The Morgan fingerprint density at radius 1 is 1.40 bits per heavy atom. The maximum atomic E-state index is 11.5. The Morgan fingerprint density at radius 2 is 2.13 bits per heavy atom. The van der Waals surface area contributed by atoms with Crippen molar-refractivity contribution in [2.45, 2.75) is 25.7 Å². The number of rotatable bonds is 2. The predicted octanol–water partition coefficient (Wildman–Crippen LogP) is 2.41. The highest BCUT2D eigenvalue weighted by Crippen LogP contribution is 2.26. The zero-order chi connectivity index (χ0) is 10.7. The SMILES string of the molecule is CCC(=O)N1CC[C@H](c2ccccc2)C1. The van der Waals surface area contributed by atoms with Crippen molar-refractivity contribution in [3.8, 4) is 0 Å². The molecular formula is C13H17NO. The molecule has 2 heteroatoms. The van der Waals surface area contributed by atoms with E-state index in [2.05, 4.69) is 24.3 Å². The van der Waals surface area contributed by atoms with Gasteiger partial charge in [0.1, 0.15) is 0 Å². The van der Waals surface area contributed by atoms with Crippen LogP contribution in [0.1, 0.15) is 31.2 Å². The third-order valence-corrected chi connectivity index (χ3v) is 3.11. The number of amides is 1. The predicted molar refractivity (Wildman–Crippen MR) is 60.7 cm³/mol. The van der Waals surface area contributed by atoms with Crippen LogP contribution in [0.3, 0.4) is 0 Å². The van der Waals surface area contributed by atoms with Crippen molar-refractivity contribution in [1.29, 1.82) is 0 Å². The van der Waals surface area contributed by atoms with Crippen molar-refractivity contribution in [2.75, 3.05) is 13.1 Å². The highest BCUT2D eigenvalue weighted by Gasteiger charge is 2.25. The van der Waals surface area contributed by atoms with Gasteiger partial charge in [-0.05, 0) is 12.0 Å². The Balaban J connectivity index is 2.02. The molecule has 1 aromatic rings. The van der Waals surface area contributed by atoms with Crippen molar-refractivity contribution in [3.05, 3.63) is 35.9 Å². The minimum Gasteiger partial charge on any atom is -0.342 e. The van der Waals surface area contributed by atoms with E-state index in [1.165, 1.54) is 5.56 Å². The number of likely N-dealkylation sites (tertiary alicyclic amines) is 1. The molecule has 0 aromatic heterocycles. The number of benzene rings is 1. The van der Waals surface area contributed by atoms with Crippen LogP contribution in [0, 0.1) is 0 Å². The Bertz CT molecular complexity index is 334. The van der Waals surface area contributed by atoms with Gasteiger partial charge in [-0.2, -0.15) is 0 Å². The summed E-state index contributed by atoms with van der Waals surface area (Å²) in [6.07, 6.45) is 1.73. The highest BCUT2D eigenvalue weighted by atomic mass is 16.2. The molecule has 0 radical (unpaired) electrons. The van der Waals surface area contributed by atoms with E-state index in [1.807, 2.05) is 17.9 Å². The van der Waals surface area contributed by atoms with Crippen LogP contribution in [0.15, 0.2) is 30.3 Å². The lowest BCUT2D eigenvalue weighted by atomic mass is 9.99. The molecule has 15 heavy (non-hydrogen) atoms. The zero-order valence-corrected chi connectivity index (χ0v) is 9.15. The molecule has 0 spiro atoms. The van der Waals surface area contributed by atoms with E-state index in [9.17, 15) is 4.79 Å². The van der Waals surface area contributed by atoms with Crippen LogP contribution in [0.25, 0.3) is 0 Å². The highest BCUT2D eigenvalue weighted by molar-refractivity contribution is 5.76. The largest absolute Gasteiger partial charge is 0.342 e. The van der Waals surface area contributed by atoms with Crippen molar-refractivity contribution in [1.82, 2.24) is 4.90 Å². The fourth-order valence-corrected chi connectivity index (χ4v) is 2.21. The second-order valence-electron chi connectivity index (χ2n) is 4.09. The first-order valence-corrected chi connectivity index (χ1v) is 5.64. The van der Waals surface area contributed by atoms with Crippen molar-refractivity contribution >= 4 is 5.91 Å². The second-order valence-corrected chi connectivity index (χ2v) is 4.09. The van der Waals surface area contributed by atoms with Crippen molar-refractivity contribution in [3.63, 3.8) is 0 Å². The third-order valence-electron chi connectivity index (χ3n) is 3.11. The van der Waals surface area contributed by atoms with Crippen LogP contribution in [0.4, 0.5) is 0 Å². The Hall–Kier alpha value is -1.31. The molecule has 1 atom stereocenters. The van der Waals surface area contributed by atoms with Crippen molar-refractivity contribution in [2.24, 2.45) is 0 Å². The molecular weight excluding hydrogens is 186 g/mol. The first-order valence-electron chi connectivity index (χ1n) is 5.64. The molecule has 1 heterocycles. The third kappa shape index (κ3) is 2.20. The summed E-state index contributed by atoms with van der Waals surface area (Å²) < 4.78 is 0. The lowest BCUT2D eigenvalue weighted by molar-refractivity contribution is -0.129.